The van der Waals surface area contributed by atoms with Crippen molar-refractivity contribution in [1.82, 2.24) is 9.38 Å². The van der Waals surface area contributed by atoms with Gasteiger partial charge in [0.25, 0.3) is 5.56 Å². The zero-order valence-corrected chi connectivity index (χ0v) is 13.9. The van der Waals surface area contributed by atoms with E-state index in [4.69, 9.17) is 4.74 Å². The molecule has 0 atom stereocenters. The van der Waals surface area contributed by atoms with Crippen LogP contribution in [-0.2, 0) is 11.3 Å². The molecule has 2 heterocycles. The number of ether oxygens (including phenoxy) is 1. The van der Waals surface area contributed by atoms with Crippen molar-refractivity contribution in [2.45, 2.75) is 27.4 Å². The van der Waals surface area contributed by atoms with E-state index in [0.717, 1.165) is 16.7 Å². The highest BCUT2D eigenvalue weighted by atomic mass is 16.5. The molecule has 122 valence electrons. The van der Waals surface area contributed by atoms with E-state index in [0.29, 0.717) is 16.9 Å². The molecule has 0 unspecified atom stereocenters. The molecule has 0 fully saturated rings. The number of benzene rings is 1. The second-order valence-electron chi connectivity index (χ2n) is 5.92. The number of carbonyl (C=O) groups excluding carboxylic acids is 1. The molecule has 0 spiro atoms. The van der Waals surface area contributed by atoms with E-state index >= 15 is 0 Å². The van der Waals surface area contributed by atoms with Crippen molar-refractivity contribution < 1.29 is 9.53 Å². The number of aromatic nitrogens is 2. The van der Waals surface area contributed by atoms with Gasteiger partial charge in [0, 0.05) is 12.3 Å². The standard InChI is InChI=1S/C19H18N2O3/c1-12-7-13(2)9-15(8-12)19(23)24-11-16-10-17(22)21-6-4-5-14(3)18(21)20-16/h4-10H,11H2,1-3H3. The van der Waals surface area contributed by atoms with Gasteiger partial charge in [-0.1, -0.05) is 23.3 Å². The number of aryl methyl sites for hydroxylation is 3. The van der Waals surface area contributed by atoms with Crippen molar-refractivity contribution >= 4 is 11.6 Å². The van der Waals surface area contributed by atoms with Gasteiger partial charge in [0.2, 0.25) is 0 Å². The first-order valence-electron chi connectivity index (χ1n) is 7.67. The molecule has 2 aromatic heterocycles. The summed E-state index contributed by atoms with van der Waals surface area (Å²) < 4.78 is 6.80. The Hall–Kier alpha value is -2.95. The Morgan fingerprint density at radius 2 is 1.83 bits per heavy atom. The van der Waals surface area contributed by atoms with Crippen LogP contribution in [0.4, 0.5) is 0 Å². The number of esters is 1. The van der Waals surface area contributed by atoms with Crippen LogP contribution in [-0.4, -0.2) is 15.4 Å². The Morgan fingerprint density at radius 3 is 2.54 bits per heavy atom. The summed E-state index contributed by atoms with van der Waals surface area (Å²) in [4.78, 5) is 28.8. The molecule has 0 aliphatic carbocycles. The van der Waals surface area contributed by atoms with Gasteiger partial charge in [-0.2, -0.15) is 0 Å². The first kappa shape index (κ1) is 15.9. The Morgan fingerprint density at radius 1 is 1.12 bits per heavy atom. The maximum atomic E-state index is 12.2. The molecule has 24 heavy (non-hydrogen) atoms. The summed E-state index contributed by atoms with van der Waals surface area (Å²) in [5.41, 5.74) is 4.20. The first-order valence-corrected chi connectivity index (χ1v) is 7.67. The average Bonchev–Trinajstić information content (AvgIpc) is 2.52. The molecule has 0 bridgehead atoms. The highest BCUT2D eigenvalue weighted by Gasteiger charge is 2.10. The summed E-state index contributed by atoms with van der Waals surface area (Å²) in [6, 6.07) is 10.6. The normalized spacial score (nSPS) is 10.8. The van der Waals surface area contributed by atoms with Crippen LogP contribution < -0.4 is 5.56 Å². The van der Waals surface area contributed by atoms with E-state index in [1.54, 1.807) is 24.4 Å². The van der Waals surface area contributed by atoms with Gasteiger partial charge in [-0.05, 0) is 44.5 Å². The molecule has 0 amide bonds. The number of hydrogen-bond acceptors (Lipinski definition) is 4. The predicted octanol–water partition coefficient (Wildman–Crippen LogP) is 2.98. The van der Waals surface area contributed by atoms with Gasteiger partial charge in [-0.15, -0.1) is 0 Å². The Kier molecular flexibility index (Phi) is 4.16. The fourth-order valence-electron chi connectivity index (χ4n) is 2.70. The van der Waals surface area contributed by atoms with Gasteiger partial charge in [-0.25, -0.2) is 9.78 Å². The van der Waals surface area contributed by atoms with Crippen molar-refractivity contribution in [2.24, 2.45) is 0 Å². The zero-order valence-electron chi connectivity index (χ0n) is 13.9. The minimum atomic E-state index is -0.423. The number of fused-ring (bicyclic) bond motifs is 1. The largest absolute Gasteiger partial charge is 0.456 e. The van der Waals surface area contributed by atoms with Gasteiger partial charge < -0.3 is 4.74 Å². The third kappa shape index (κ3) is 3.20. The van der Waals surface area contributed by atoms with Crippen LogP contribution in [0.25, 0.3) is 5.65 Å². The maximum Gasteiger partial charge on any atom is 0.338 e. The maximum absolute atomic E-state index is 12.2. The third-order valence-corrected chi connectivity index (χ3v) is 3.75. The first-order chi connectivity index (χ1) is 11.4. The SMILES string of the molecule is Cc1cc(C)cc(C(=O)OCc2cc(=O)n3cccc(C)c3n2)c1. The fraction of sp³-hybridized carbons (Fsp3) is 0.211. The van der Waals surface area contributed by atoms with Crippen molar-refractivity contribution in [1.29, 1.82) is 0 Å². The number of hydrogen-bond donors (Lipinski definition) is 0. The van der Waals surface area contributed by atoms with E-state index in [1.807, 2.05) is 32.9 Å². The lowest BCUT2D eigenvalue weighted by molar-refractivity contribution is 0.0467. The van der Waals surface area contributed by atoms with Crippen LogP contribution >= 0.6 is 0 Å². The van der Waals surface area contributed by atoms with E-state index < -0.39 is 5.97 Å². The molecule has 5 heteroatoms. The smallest absolute Gasteiger partial charge is 0.338 e. The van der Waals surface area contributed by atoms with Gasteiger partial charge in [0.15, 0.2) is 0 Å². The summed E-state index contributed by atoms with van der Waals surface area (Å²) in [5.74, 6) is -0.423. The number of pyridine rings is 1. The molecule has 0 radical (unpaired) electrons. The number of rotatable bonds is 3. The Bertz CT molecular complexity index is 969. The fourth-order valence-corrected chi connectivity index (χ4v) is 2.70. The van der Waals surface area contributed by atoms with Crippen LogP contribution in [0, 0.1) is 20.8 Å². The summed E-state index contributed by atoms with van der Waals surface area (Å²) in [6.07, 6.45) is 1.67. The van der Waals surface area contributed by atoms with Gasteiger partial charge >= 0.3 is 5.97 Å². The van der Waals surface area contributed by atoms with Crippen LogP contribution in [0.3, 0.4) is 0 Å². The van der Waals surface area contributed by atoms with Crippen molar-refractivity contribution in [3.8, 4) is 0 Å². The molecule has 0 N–H and O–H groups in total. The van der Waals surface area contributed by atoms with E-state index in [2.05, 4.69) is 4.98 Å². The molecule has 0 saturated carbocycles. The highest BCUT2D eigenvalue weighted by molar-refractivity contribution is 5.89. The quantitative estimate of drug-likeness (QED) is 0.696. The van der Waals surface area contributed by atoms with E-state index in [9.17, 15) is 9.59 Å². The second kappa shape index (κ2) is 6.28. The van der Waals surface area contributed by atoms with E-state index in [-0.39, 0.29) is 12.2 Å². The lowest BCUT2D eigenvalue weighted by Crippen LogP contribution is -2.17. The molecular formula is C19H18N2O3. The Balaban J connectivity index is 1.84. The van der Waals surface area contributed by atoms with Crippen LogP contribution in [0.2, 0.25) is 0 Å². The monoisotopic (exact) mass is 322 g/mol. The van der Waals surface area contributed by atoms with Crippen LogP contribution in [0.15, 0.2) is 47.4 Å². The van der Waals surface area contributed by atoms with Crippen molar-refractivity contribution in [3.63, 3.8) is 0 Å². The highest BCUT2D eigenvalue weighted by Crippen LogP contribution is 2.11. The lowest BCUT2D eigenvalue weighted by Gasteiger charge is -2.08. The summed E-state index contributed by atoms with van der Waals surface area (Å²) in [6.45, 7) is 5.70. The molecule has 5 nitrogen and oxygen atoms in total. The average molecular weight is 322 g/mol. The topological polar surface area (TPSA) is 60.7 Å². The zero-order chi connectivity index (χ0) is 17.3. The molecule has 0 saturated heterocycles. The molecule has 0 aliphatic rings. The summed E-state index contributed by atoms with van der Waals surface area (Å²) >= 11 is 0. The van der Waals surface area contributed by atoms with Crippen molar-refractivity contribution in [2.75, 3.05) is 0 Å². The lowest BCUT2D eigenvalue weighted by atomic mass is 10.1. The van der Waals surface area contributed by atoms with Gasteiger partial charge in [0.1, 0.15) is 12.3 Å². The Labute approximate surface area is 139 Å². The van der Waals surface area contributed by atoms with Gasteiger partial charge in [0.05, 0.1) is 11.3 Å². The van der Waals surface area contributed by atoms with E-state index in [1.165, 1.54) is 10.5 Å². The minimum Gasteiger partial charge on any atom is -0.456 e. The predicted molar refractivity (Wildman–Crippen MR) is 91.2 cm³/mol. The molecular weight excluding hydrogens is 304 g/mol. The minimum absolute atomic E-state index is 0.0358. The van der Waals surface area contributed by atoms with Gasteiger partial charge in [-0.3, -0.25) is 9.20 Å². The number of nitrogens with zero attached hydrogens (tertiary/aromatic N) is 2. The molecule has 1 aromatic carbocycles. The molecule has 0 aliphatic heterocycles. The van der Waals surface area contributed by atoms with Crippen molar-refractivity contribution in [3.05, 3.63) is 80.9 Å². The molecule has 3 aromatic rings. The van der Waals surface area contributed by atoms with Crippen LogP contribution in [0.1, 0.15) is 32.7 Å². The van der Waals surface area contributed by atoms with Crippen LogP contribution in [0.5, 0.6) is 0 Å². The number of carbonyl (C=O) groups is 1. The third-order valence-electron chi connectivity index (χ3n) is 3.75. The summed E-state index contributed by atoms with van der Waals surface area (Å²) in [5, 5.41) is 0. The molecule has 3 rings (SSSR count). The summed E-state index contributed by atoms with van der Waals surface area (Å²) in [7, 11) is 0. The second-order valence-corrected chi connectivity index (χ2v) is 5.92.